The van der Waals surface area contributed by atoms with E-state index in [9.17, 15) is 13.2 Å². The number of halogens is 3. The number of hydrogen-bond donors (Lipinski definition) is 1. The van der Waals surface area contributed by atoms with E-state index in [0.717, 1.165) is 57.8 Å². The summed E-state index contributed by atoms with van der Waals surface area (Å²) < 4.78 is 38.3. The summed E-state index contributed by atoms with van der Waals surface area (Å²) in [6, 6.07) is 13.5. The van der Waals surface area contributed by atoms with Crippen LogP contribution in [-0.4, -0.2) is 21.7 Å². The molecule has 8 heteroatoms. The van der Waals surface area contributed by atoms with E-state index in [1.165, 1.54) is 12.1 Å². The van der Waals surface area contributed by atoms with Crippen molar-refractivity contribution < 1.29 is 13.2 Å². The Morgan fingerprint density at radius 3 is 2.58 bits per heavy atom. The first-order chi connectivity index (χ1) is 14.9. The zero-order chi connectivity index (χ0) is 21.5. The van der Waals surface area contributed by atoms with Gasteiger partial charge >= 0.3 is 6.18 Å². The van der Waals surface area contributed by atoms with Crippen molar-refractivity contribution >= 4 is 27.4 Å². The Labute approximate surface area is 181 Å². The second-order valence-corrected chi connectivity index (χ2v) is 9.09. The van der Waals surface area contributed by atoms with Crippen LogP contribution in [0, 0.1) is 5.41 Å². The van der Waals surface area contributed by atoms with Crippen LogP contribution in [0.25, 0.3) is 21.3 Å². The predicted octanol–water partition coefficient (Wildman–Crippen LogP) is 6.21. The van der Waals surface area contributed by atoms with Crippen molar-refractivity contribution in [1.29, 1.82) is 0 Å². The van der Waals surface area contributed by atoms with E-state index in [-0.39, 0.29) is 5.41 Å². The third kappa shape index (κ3) is 4.39. The van der Waals surface area contributed by atoms with Gasteiger partial charge in [-0.2, -0.15) is 23.4 Å². The Hall–Kier alpha value is -3.00. The molecule has 1 N–H and O–H groups in total. The third-order valence-corrected chi connectivity index (χ3v) is 6.74. The van der Waals surface area contributed by atoms with Crippen LogP contribution in [0.2, 0.25) is 0 Å². The van der Waals surface area contributed by atoms with Crippen LogP contribution in [0.3, 0.4) is 0 Å². The molecule has 0 atom stereocenters. The first-order valence-corrected chi connectivity index (χ1v) is 10.8. The molecule has 1 fully saturated rings. The van der Waals surface area contributed by atoms with Crippen LogP contribution in [0.5, 0.6) is 0 Å². The van der Waals surface area contributed by atoms with Crippen molar-refractivity contribution in [3.8, 4) is 10.4 Å². The minimum atomic E-state index is -4.29. The lowest BCUT2D eigenvalue weighted by atomic mass is 9.96. The minimum Gasteiger partial charge on any atom is -0.361 e. The van der Waals surface area contributed by atoms with Gasteiger partial charge in [-0.25, -0.2) is 4.98 Å². The molecule has 0 amide bonds. The molecule has 5 rings (SSSR count). The maximum Gasteiger partial charge on any atom is 0.416 e. The van der Waals surface area contributed by atoms with Crippen LogP contribution < -0.4 is 5.32 Å². The first-order valence-electron chi connectivity index (χ1n) is 9.98. The fraction of sp³-hybridized carbons (Fsp3) is 0.261. The largest absolute Gasteiger partial charge is 0.416 e. The summed E-state index contributed by atoms with van der Waals surface area (Å²) in [6.45, 7) is 0.758. The SMILES string of the molecule is FC(F)(F)c1ccc(CC2(CNc3ncc(-c4ccc5nnccc5c4)s3)CC2)cc1. The first kappa shape index (κ1) is 19.9. The number of thiazole rings is 1. The van der Waals surface area contributed by atoms with Crippen LogP contribution in [0.15, 0.2) is 60.9 Å². The molecule has 1 aliphatic carbocycles. The monoisotopic (exact) mass is 440 g/mol. The molecule has 0 spiro atoms. The Bertz CT molecular complexity index is 1210. The summed E-state index contributed by atoms with van der Waals surface area (Å²) >= 11 is 1.59. The molecule has 2 aromatic heterocycles. The number of anilines is 1. The summed E-state index contributed by atoms with van der Waals surface area (Å²) in [5, 5.41) is 13.3. The van der Waals surface area contributed by atoms with Gasteiger partial charge in [0, 0.05) is 18.1 Å². The van der Waals surface area contributed by atoms with Gasteiger partial charge in [-0.3, -0.25) is 0 Å². The highest BCUT2D eigenvalue weighted by Gasteiger charge is 2.42. The van der Waals surface area contributed by atoms with Crippen LogP contribution in [-0.2, 0) is 12.6 Å². The van der Waals surface area contributed by atoms with Crippen molar-refractivity contribution in [1.82, 2.24) is 15.2 Å². The van der Waals surface area contributed by atoms with Gasteiger partial charge in [0.1, 0.15) is 0 Å². The number of hydrogen-bond acceptors (Lipinski definition) is 5. The molecule has 0 unspecified atom stereocenters. The Kier molecular flexibility index (Phi) is 4.89. The van der Waals surface area contributed by atoms with Crippen molar-refractivity contribution in [2.24, 2.45) is 5.41 Å². The minimum absolute atomic E-state index is 0.0905. The van der Waals surface area contributed by atoms with Gasteiger partial charge in [-0.05, 0) is 66.1 Å². The van der Waals surface area contributed by atoms with Crippen molar-refractivity contribution in [2.75, 3.05) is 11.9 Å². The summed E-state index contributed by atoms with van der Waals surface area (Å²) in [4.78, 5) is 5.57. The molecular formula is C23H19F3N4S. The number of nitrogens with one attached hydrogen (secondary N) is 1. The van der Waals surface area contributed by atoms with E-state index in [2.05, 4.69) is 26.6 Å². The molecule has 31 heavy (non-hydrogen) atoms. The third-order valence-electron chi connectivity index (χ3n) is 5.74. The summed E-state index contributed by atoms with van der Waals surface area (Å²) in [5.41, 5.74) is 2.36. The quantitative estimate of drug-likeness (QED) is 0.387. The normalized spacial score (nSPS) is 15.2. The summed E-state index contributed by atoms with van der Waals surface area (Å²) in [5.74, 6) is 0. The van der Waals surface area contributed by atoms with Crippen LogP contribution in [0.1, 0.15) is 24.0 Å². The lowest BCUT2D eigenvalue weighted by Gasteiger charge is -2.16. The van der Waals surface area contributed by atoms with E-state index in [4.69, 9.17) is 0 Å². The molecule has 0 radical (unpaired) electrons. The van der Waals surface area contributed by atoms with Crippen LogP contribution >= 0.6 is 11.3 Å². The van der Waals surface area contributed by atoms with Crippen molar-refractivity contribution in [2.45, 2.75) is 25.4 Å². The van der Waals surface area contributed by atoms with E-state index in [1.54, 1.807) is 29.7 Å². The maximum atomic E-state index is 12.8. The number of alkyl halides is 3. The van der Waals surface area contributed by atoms with E-state index >= 15 is 0 Å². The molecule has 2 aromatic carbocycles. The number of nitrogens with zero attached hydrogens (tertiary/aromatic N) is 3. The Morgan fingerprint density at radius 2 is 1.84 bits per heavy atom. The van der Waals surface area contributed by atoms with E-state index in [1.807, 2.05) is 24.4 Å². The molecule has 0 bridgehead atoms. The highest BCUT2D eigenvalue weighted by atomic mass is 32.1. The second-order valence-electron chi connectivity index (χ2n) is 8.06. The zero-order valence-electron chi connectivity index (χ0n) is 16.5. The Morgan fingerprint density at radius 1 is 1.03 bits per heavy atom. The van der Waals surface area contributed by atoms with Gasteiger partial charge in [0.2, 0.25) is 0 Å². The highest BCUT2D eigenvalue weighted by molar-refractivity contribution is 7.18. The molecule has 0 aliphatic heterocycles. The van der Waals surface area contributed by atoms with Gasteiger partial charge in [0.25, 0.3) is 0 Å². The average Bonchev–Trinajstić information content (AvgIpc) is 3.36. The molecule has 4 aromatic rings. The Balaban J connectivity index is 1.23. The highest BCUT2D eigenvalue weighted by Crippen LogP contribution is 2.48. The van der Waals surface area contributed by atoms with E-state index < -0.39 is 11.7 Å². The smallest absolute Gasteiger partial charge is 0.361 e. The number of aromatic nitrogens is 3. The molecule has 1 saturated carbocycles. The molecule has 2 heterocycles. The van der Waals surface area contributed by atoms with Crippen molar-refractivity contribution in [3.63, 3.8) is 0 Å². The molecule has 1 aliphatic rings. The number of benzene rings is 2. The predicted molar refractivity (Wildman–Crippen MR) is 116 cm³/mol. The second kappa shape index (κ2) is 7.60. The lowest BCUT2D eigenvalue weighted by Crippen LogP contribution is -2.18. The lowest BCUT2D eigenvalue weighted by molar-refractivity contribution is -0.137. The number of fused-ring (bicyclic) bond motifs is 1. The molecule has 158 valence electrons. The molecule has 0 saturated heterocycles. The summed E-state index contributed by atoms with van der Waals surface area (Å²) in [6.07, 6.45) is 2.13. The average molecular weight is 440 g/mol. The number of rotatable bonds is 6. The topological polar surface area (TPSA) is 50.7 Å². The van der Waals surface area contributed by atoms with Gasteiger partial charge in [-0.15, -0.1) is 0 Å². The molecule has 4 nitrogen and oxygen atoms in total. The fourth-order valence-corrected chi connectivity index (χ4v) is 4.54. The molecular weight excluding hydrogens is 421 g/mol. The van der Waals surface area contributed by atoms with Gasteiger partial charge in [0.05, 0.1) is 22.2 Å². The van der Waals surface area contributed by atoms with Gasteiger partial charge < -0.3 is 5.32 Å². The van der Waals surface area contributed by atoms with Gasteiger partial charge in [0.15, 0.2) is 5.13 Å². The standard InChI is InChI=1S/C23H19F3N4S/c24-23(25,26)18-4-1-15(2-5-18)12-22(8-9-22)14-28-21-27-13-20(31-21)17-3-6-19-16(11-17)7-10-29-30-19/h1-7,10-11,13H,8-9,12,14H2,(H,27,28). The summed E-state index contributed by atoms with van der Waals surface area (Å²) in [7, 11) is 0. The van der Waals surface area contributed by atoms with E-state index in [0.29, 0.717) is 0 Å². The van der Waals surface area contributed by atoms with Crippen molar-refractivity contribution in [3.05, 3.63) is 72.1 Å². The van der Waals surface area contributed by atoms with Crippen LogP contribution in [0.4, 0.5) is 18.3 Å². The fourth-order valence-electron chi connectivity index (χ4n) is 3.73. The van der Waals surface area contributed by atoms with Gasteiger partial charge in [-0.1, -0.05) is 29.5 Å². The zero-order valence-corrected chi connectivity index (χ0v) is 17.3. The maximum absolute atomic E-state index is 12.8.